The van der Waals surface area contributed by atoms with E-state index >= 15 is 0 Å². The number of hydrogen-bond donors (Lipinski definition) is 0. The van der Waals surface area contributed by atoms with Gasteiger partial charge in [-0.05, 0) is 43.7 Å². The van der Waals surface area contributed by atoms with Crippen LogP contribution in [0.15, 0.2) is 64.2 Å². The van der Waals surface area contributed by atoms with Crippen molar-refractivity contribution in [3.8, 4) is 5.69 Å². The Morgan fingerprint density at radius 3 is 2.29 bits per heavy atom. The lowest BCUT2D eigenvalue weighted by atomic mass is 10.2. The molecule has 0 aliphatic heterocycles. The molecule has 31 heavy (non-hydrogen) atoms. The van der Waals surface area contributed by atoms with Crippen LogP contribution in [0.25, 0.3) is 22.6 Å². The monoisotopic (exact) mass is 417 g/mol. The molecule has 3 aromatic heterocycles. The van der Waals surface area contributed by atoms with Crippen LogP contribution in [0.2, 0.25) is 0 Å². The van der Waals surface area contributed by atoms with Crippen molar-refractivity contribution in [1.29, 1.82) is 0 Å². The molecular formula is C23H20FN5O2. The molecule has 0 spiro atoms. The molecule has 0 unspecified atom stereocenters. The fraction of sp³-hybridized carbons (Fsp3) is 0.174. The maximum Gasteiger partial charge on any atom is 0.332 e. The average Bonchev–Trinajstić information content (AvgIpc) is 3.27. The van der Waals surface area contributed by atoms with Gasteiger partial charge in [0, 0.05) is 24.1 Å². The SMILES string of the molecule is Cc1c(C)n2c3c(=O)n(Cc4ccccc4)c(=O)n(C)c3nc2n1-c1ccc(F)cc1. The Kier molecular flexibility index (Phi) is 4.18. The number of imidazole rings is 2. The van der Waals surface area contributed by atoms with Gasteiger partial charge in [-0.25, -0.2) is 9.18 Å². The summed E-state index contributed by atoms with van der Waals surface area (Å²) in [6, 6.07) is 15.5. The number of nitrogens with zero attached hydrogens (tertiary/aromatic N) is 5. The summed E-state index contributed by atoms with van der Waals surface area (Å²) in [5.41, 5.74) is 3.12. The molecule has 5 aromatic rings. The molecule has 0 atom stereocenters. The fourth-order valence-corrected chi connectivity index (χ4v) is 4.06. The number of aromatic nitrogens is 5. The molecule has 0 saturated heterocycles. The van der Waals surface area contributed by atoms with E-state index in [4.69, 9.17) is 0 Å². The van der Waals surface area contributed by atoms with Crippen molar-refractivity contribution in [2.45, 2.75) is 20.4 Å². The number of fused-ring (bicyclic) bond motifs is 3. The smallest absolute Gasteiger partial charge is 0.283 e. The third-order valence-corrected chi connectivity index (χ3v) is 5.79. The Morgan fingerprint density at radius 2 is 1.61 bits per heavy atom. The quantitative estimate of drug-likeness (QED) is 0.453. The summed E-state index contributed by atoms with van der Waals surface area (Å²) in [6.45, 7) is 3.99. The molecule has 0 fully saturated rings. The van der Waals surface area contributed by atoms with Gasteiger partial charge in [0.2, 0.25) is 5.78 Å². The molecule has 3 heterocycles. The van der Waals surface area contributed by atoms with Gasteiger partial charge < -0.3 is 0 Å². The summed E-state index contributed by atoms with van der Waals surface area (Å²) < 4.78 is 19.7. The van der Waals surface area contributed by atoms with E-state index in [1.807, 2.05) is 48.7 Å². The second-order valence-electron chi connectivity index (χ2n) is 7.62. The van der Waals surface area contributed by atoms with Gasteiger partial charge in [-0.2, -0.15) is 4.98 Å². The number of halogens is 1. The van der Waals surface area contributed by atoms with Crippen LogP contribution in [-0.4, -0.2) is 23.1 Å². The zero-order chi connectivity index (χ0) is 21.9. The van der Waals surface area contributed by atoms with Crippen LogP contribution in [0.5, 0.6) is 0 Å². The summed E-state index contributed by atoms with van der Waals surface area (Å²) in [5, 5.41) is 0. The van der Waals surface area contributed by atoms with E-state index in [9.17, 15) is 14.0 Å². The molecule has 5 rings (SSSR count). The van der Waals surface area contributed by atoms with Crippen molar-refractivity contribution in [2.24, 2.45) is 7.05 Å². The van der Waals surface area contributed by atoms with Crippen molar-refractivity contribution in [2.75, 3.05) is 0 Å². The topological polar surface area (TPSA) is 66.2 Å². The molecule has 8 heteroatoms. The lowest BCUT2D eigenvalue weighted by Crippen LogP contribution is -2.39. The van der Waals surface area contributed by atoms with Crippen molar-refractivity contribution >= 4 is 16.9 Å². The highest BCUT2D eigenvalue weighted by Crippen LogP contribution is 2.24. The van der Waals surface area contributed by atoms with Gasteiger partial charge in [0.05, 0.1) is 6.54 Å². The van der Waals surface area contributed by atoms with Gasteiger partial charge >= 0.3 is 5.69 Å². The molecule has 0 radical (unpaired) electrons. The highest BCUT2D eigenvalue weighted by atomic mass is 19.1. The van der Waals surface area contributed by atoms with Gasteiger partial charge in [-0.3, -0.25) is 22.9 Å². The van der Waals surface area contributed by atoms with Crippen LogP contribution in [0.1, 0.15) is 17.0 Å². The first-order chi connectivity index (χ1) is 14.9. The third-order valence-electron chi connectivity index (χ3n) is 5.79. The largest absolute Gasteiger partial charge is 0.332 e. The van der Waals surface area contributed by atoms with E-state index < -0.39 is 11.2 Å². The van der Waals surface area contributed by atoms with Crippen LogP contribution < -0.4 is 11.2 Å². The van der Waals surface area contributed by atoms with Crippen LogP contribution in [-0.2, 0) is 13.6 Å². The van der Waals surface area contributed by atoms with Gasteiger partial charge in [0.1, 0.15) is 5.82 Å². The second-order valence-corrected chi connectivity index (χ2v) is 7.62. The molecule has 0 aliphatic rings. The van der Waals surface area contributed by atoms with Gasteiger partial charge in [0.15, 0.2) is 11.2 Å². The number of aryl methyl sites for hydroxylation is 2. The lowest BCUT2D eigenvalue weighted by molar-refractivity contribution is 0.627. The maximum absolute atomic E-state index is 13.5. The van der Waals surface area contributed by atoms with E-state index in [2.05, 4.69) is 4.98 Å². The first kappa shape index (κ1) is 19.0. The van der Waals surface area contributed by atoms with Crippen LogP contribution in [0.3, 0.4) is 0 Å². The first-order valence-corrected chi connectivity index (χ1v) is 9.88. The molecular weight excluding hydrogens is 397 g/mol. The third kappa shape index (κ3) is 2.75. The standard InChI is InChI=1S/C23H20FN5O2/c1-14-15(2)29-19-20(25-22(29)28(14)18-11-9-17(24)10-12-18)26(3)23(31)27(21(19)30)13-16-7-5-4-6-8-16/h4-12H,13H2,1-3H3. The average molecular weight is 417 g/mol. The molecule has 0 bridgehead atoms. The Hall–Kier alpha value is -3.94. The van der Waals surface area contributed by atoms with E-state index in [0.717, 1.165) is 22.6 Å². The minimum atomic E-state index is -0.426. The van der Waals surface area contributed by atoms with Crippen LogP contribution in [0.4, 0.5) is 4.39 Å². The highest BCUT2D eigenvalue weighted by Gasteiger charge is 2.23. The summed E-state index contributed by atoms with van der Waals surface area (Å²) in [5.74, 6) is 0.169. The Morgan fingerprint density at radius 1 is 0.935 bits per heavy atom. The van der Waals surface area contributed by atoms with Crippen molar-refractivity contribution in [1.82, 2.24) is 23.1 Å². The number of rotatable bonds is 3. The molecule has 156 valence electrons. The highest BCUT2D eigenvalue weighted by molar-refractivity contribution is 5.77. The zero-order valence-electron chi connectivity index (χ0n) is 17.3. The van der Waals surface area contributed by atoms with Crippen molar-refractivity contribution in [3.63, 3.8) is 0 Å². The fourth-order valence-electron chi connectivity index (χ4n) is 4.06. The number of benzene rings is 2. The molecule has 7 nitrogen and oxygen atoms in total. The first-order valence-electron chi connectivity index (χ1n) is 9.88. The summed E-state index contributed by atoms with van der Waals surface area (Å²) in [6.07, 6.45) is 0. The van der Waals surface area contributed by atoms with Gasteiger partial charge in [-0.15, -0.1) is 0 Å². The Labute approximate surface area is 176 Å². The predicted molar refractivity (Wildman–Crippen MR) is 117 cm³/mol. The number of hydrogen-bond acceptors (Lipinski definition) is 3. The van der Waals surface area contributed by atoms with E-state index in [-0.39, 0.29) is 12.4 Å². The van der Waals surface area contributed by atoms with Crippen LogP contribution in [0, 0.1) is 19.7 Å². The molecule has 0 aliphatic carbocycles. The summed E-state index contributed by atoms with van der Waals surface area (Å²) in [7, 11) is 1.61. The Balaban J connectivity index is 1.85. The predicted octanol–water partition coefficient (Wildman–Crippen LogP) is 2.94. The molecule has 0 N–H and O–H groups in total. The normalized spacial score (nSPS) is 11.6. The minimum absolute atomic E-state index is 0.173. The van der Waals surface area contributed by atoms with E-state index in [1.165, 1.54) is 21.3 Å². The second kappa shape index (κ2) is 6.80. The van der Waals surface area contributed by atoms with Gasteiger partial charge in [0.25, 0.3) is 5.56 Å². The molecule has 0 saturated carbocycles. The lowest BCUT2D eigenvalue weighted by Gasteiger charge is -2.09. The van der Waals surface area contributed by atoms with E-state index in [1.54, 1.807) is 23.6 Å². The maximum atomic E-state index is 13.5. The molecule has 0 amide bonds. The summed E-state index contributed by atoms with van der Waals surface area (Å²) >= 11 is 0. The Bertz CT molecular complexity index is 1570. The summed E-state index contributed by atoms with van der Waals surface area (Å²) in [4.78, 5) is 31.1. The molecule has 2 aromatic carbocycles. The van der Waals surface area contributed by atoms with E-state index in [0.29, 0.717) is 16.9 Å². The minimum Gasteiger partial charge on any atom is -0.283 e. The van der Waals surface area contributed by atoms with Crippen molar-refractivity contribution < 1.29 is 4.39 Å². The zero-order valence-corrected chi connectivity index (χ0v) is 17.3. The van der Waals surface area contributed by atoms with Crippen molar-refractivity contribution in [3.05, 3.63) is 98.2 Å². The van der Waals surface area contributed by atoms with Gasteiger partial charge in [-0.1, -0.05) is 30.3 Å². The van der Waals surface area contributed by atoms with Crippen LogP contribution >= 0.6 is 0 Å².